The van der Waals surface area contributed by atoms with E-state index in [0.717, 1.165) is 17.4 Å². The van der Waals surface area contributed by atoms with E-state index in [0.29, 0.717) is 6.07 Å². The zero-order valence-electron chi connectivity index (χ0n) is 10.2. The van der Waals surface area contributed by atoms with Crippen LogP contribution >= 0.6 is 11.3 Å². The first-order chi connectivity index (χ1) is 9.38. The second-order valence-electron chi connectivity index (χ2n) is 3.90. The lowest BCUT2D eigenvalue weighted by molar-refractivity contribution is 0.100. The van der Waals surface area contributed by atoms with Crippen molar-refractivity contribution in [1.29, 1.82) is 0 Å². The van der Waals surface area contributed by atoms with Gasteiger partial charge in [-0.2, -0.15) is 0 Å². The van der Waals surface area contributed by atoms with E-state index < -0.39 is 17.5 Å². The molecule has 0 saturated heterocycles. The van der Waals surface area contributed by atoms with Gasteiger partial charge < -0.3 is 5.73 Å². The van der Waals surface area contributed by atoms with Crippen LogP contribution in [0.1, 0.15) is 27.8 Å². The summed E-state index contributed by atoms with van der Waals surface area (Å²) in [5.74, 6) is -3.28. The number of aromatic nitrogens is 1. The monoisotopic (exact) mass is 297 g/mol. The van der Waals surface area contributed by atoms with Gasteiger partial charge in [0.05, 0.1) is 5.56 Å². The molecule has 0 fully saturated rings. The number of carbonyl (C=O) groups is 2. The summed E-state index contributed by atoms with van der Waals surface area (Å²) in [4.78, 5) is 26.8. The zero-order valence-corrected chi connectivity index (χ0v) is 11.1. The first-order valence-electron chi connectivity index (χ1n) is 5.41. The molecule has 0 spiro atoms. The number of hydrogen-bond acceptors (Lipinski definition) is 5. The number of benzene rings is 1. The number of amides is 1. The second kappa shape index (κ2) is 5.33. The average molecular weight is 297 g/mol. The second-order valence-corrected chi connectivity index (χ2v) is 4.76. The van der Waals surface area contributed by atoms with Crippen molar-refractivity contribution < 1.29 is 18.4 Å². The number of ketones is 1. The Balaban J connectivity index is 2.23. The number of anilines is 2. The van der Waals surface area contributed by atoms with Crippen molar-refractivity contribution in [2.45, 2.75) is 6.92 Å². The summed E-state index contributed by atoms with van der Waals surface area (Å²) in [5, 5.41) is 4.02. The minimum absolute atomic E-state index is 0.171. The number of rotatable bonds is 3. The molecule has 1 amide bonds. The molecule has 104 valence electrons. The number of nitrogens with zero attached hydrogens (tertiary/aromatic N) is 1. The summed E-state index contributed by atoms with van der Waals surface area (Å²) in [6.07, 6.45) is 0. The molecule has 20 heavy (non-hydrogen) atoms. The Morgan fingerprint density at radius 3 is 2.55 bits per heavy atom. The summed E-state index contributed by atoms with van der Waals surface area (Å²) in [7, 11) is 0. The smallest absolute Gasteiger partial charge is 0.259 e. The largest absolute Gasteiger partial charge is 0.398 e. The van der Waals surface area contributed by atoms with E-state index in [1.165, 1.54) is 12.3 Å². The van der Waals surface area contributed by atoms with Crippen molar-refractivity contribution in [2.75, 3.05) is 11.1 Å². The van der Waals surface area contributed by atoms with E-state index >= 15 is 0 Å². The Morgan fingerprint density at radius 2 is 1.95 bits per heavy atom. The number of nitrogens with two attached hydrogens (primary N) is 1. The van der Waals surface area contributed by atoms with E-state index in [4.69, 9.17) is 5.73 Å². The fraction of sp³-hybridized carbons (Fsp3) is 0.0833. The fourth-order valence-electron chi connectivity index (χ4n) is 1.42. The Bertz CT molecular complexity index is 700. The number of hydrogen-bond donors (Lipinski definition) is 2. The van der Waals surface area contributed by atoms with Crippen LogP contribution in [0.3, 0.4) is 0 Å². The van der Waals surface area contributed by atoms with Crippen LogP contribution in [0.15, 0.2) is 17.5 Å². The third-order valence-electron chi connectivity index (χ3n) is 2.42. The summed E-state index contributed by atoms with van der Waals surface area (Å²) in [5.41, 5.74) is 5.28. The summed E-state index contributed by atoms with van der Waals surface area (Å²) in [6.45, 7) is 1.34. The minimum Gasteiger partial charge on any atom is -0.398 e. The zero-order chi connectivity index (χ0) is 14.9. The Kier molecular flexibility index (Phi) is 3.75. The molecular weight excluding hydrogens is 288 g/mol. The molecule has 1 aromatic carbocycles. The lowest BCUT2D eigenvalue weighted by Gasteiger charge is -2.05. The molecule has 0 aliphatic rings. The van der Waals surface area contributed by atoms with E-state index in [9.17, 15) is 18.4 Å². The number of nitrogen functional groups attached to an aromatic ring is 1. The maximum Gasteiger partial charge on any atom is 0.259 e. The van der Waals surface area contributed by atoms with E-state index in [-0.39, 0.29) is 27.9 Å². The van der Waals surface area contributed by atoms with Gasteiger partial charge in [-0.25, -0.2) is 13.8 Å². The Labute approximate surface area is 116 Å². The standard InChI is InChI=1S/C12H9F2N3O2S/c1-5(18)10-4-20-12(16-10)17-11(19)6-2-7(13)8(14)3-9(6)15/h2-4H,15H2,1H3,(H,16,17,19). The maximum atomic E-state index is 13.1. The molecule has 0 aliphatic carbocycles. The molecule has 0 saturated carbocycles. The Hall–Kier alpha value is -2.35. The molecule has 0 unspecified atom stereocenters. The number of halogens is 2. The highest BCUT2D eigenvalue weighted by Crippen LogP contribution is 2.20. The van der Waals surface area contributed by atoms with Crippen LogP contribution in [0.2, 0.25) is 0 Å². The van der Waals surface area contributed by atoms with Gasteiger partial charge in [-0.05, 0) is 6.07 Å². The molecule has 8 heteroatoms. The topological polar surface area (TPSA) is 85.1 Å². The average Bonchev–Trinajstić information content (AvgIpc) is 2.82. The van der Waals surface area contributed by atoms with Gasteiger partial charge in [0.2, 0.25) is 0 Å². The molecule has 0 radical (unpaired) electrons. The predicted octanol–water partition coefficient (Wildman–Crippen LogP) is 2.46. The number of Topliss-reactive ketones (excluding diaryl/α,β-unsaturated/α-hetero) is 1. The summed E-state index contributed by atoms with van der Waals surface area (Å²) >= 11 is 1.04. The third kappa shape index (κ3) is 2.80. The quantitative estimate of drug-likeness (QED) is 0.673. The van der Waals surface area contributed by atoms with Gasteiger partial charge in [-0.15, -0.1) is 11.3 Å². The van der Waals surface area contributed by atoms with Gasteiger partial charge >= 0.3 is 0 Å². The fourth-order valence-corrected chi connectivity index (χ4v) is 2.16. The van der Waals surface area contributed by atoms with Crippen molar-refractivity contribution in [3.05, 3.63) is 40.4 Å². The van der Waals surface area contributed by atoms with E-state index in [1.54, 1.807) is 0 Å². The highest BCUT2D eigenvalue weighted by atomic mass is 32.1. The van der Waals surface area contributed by atoms with Crippen molar-refractivity contribution in [3.8, 4) is 0 Å². The lowest BCUT2D eigenvalue weighted by Crippen LogP contribution is -2.15. The van der Waals surface area contributed by atoms with Crippen molar-refractivity contribution in [1.82, 2.24) is 4.98 Å². The normalized spacial score (nSPS) is 10.3. The molecule has 2 rings (SSSR count). The SMILES string of the molecule is CC(=O)c1csc(NC(=O)c2cc(F)c(F)cc2N)n1. The minimum atomic E-state index is -1.17. The highest BCUT2D eigenvalue weighted by molar-refractivity contribution is 7.14. The number of thiazole rings is 1. The molecular formula is C12H9F2N3O2S. The van der Waals surface area contributed by atoms with Crippen LogP contribution in [0.25, 0.3) is 0 Å². The maximum absolute atomic E-state index is 13.1. The van der Waals surface area contributed by atoms with Crippen LogP contribution in [0, 0.1) is 11.6 Å². The van der Waals surface area contributed by atoms with Gasteiger partial charge in [0.15, 0.2) is 22.5 Å². The van der Waals surface area contributed by atoms with Crippen LogP contribution < -0.4 is 11.1 Å². The third-order valence-corrected chi connectivity index (χ3v) is 3.18. The number of nitrogens with one attached hydrogen (secondary N) is 1. The van der Waals surface area contributed by atoms with Crippen LogP contribution in [0.5, 0.6) is 0 Å². The predicted molar refractivity (Wildman–Crippen MR) is 70.8 cm³/mol. The lowest BCUT2D eigenvalue weighted by atomic mass is 10.1. The molecule has 0 aliphatic heterocycles. The van der Waals surface area contributed by atoms with Crippen molar-refractivity contribution >= 4 is 33.8 Å². The molecule has 1 heterocycles. The summed E-state index contributed by atoms with van der Waals surface area (Å²) < 4.78 is 26.0. The van der Waals surface area contributed by atoms with Crippen LogP contribution in [-0.4, -0.2) is 16.7 Å². The van der Waals surface area contributed by atoms with E-state index in [1.807, 2.05) is 0 Å². The van der Waals surface area contributed by atoms with Crippen molar-refractivity contribution in [3.63, 3.8) is 0 Å². The van der Waals surface area contributed by atoms with Gasteiger partial charge in [-0.3, -0.25) is 14.9 Å². The first kappa shape index (κ1) is 14.1. The highest BCUT2D eigenvalue weighted by Gasteiger charge is 2.16. The molecule has 3 N–H and O–H groups in total. The Morgan fingerprint density at radius 1 is 1.30 bits per heavy atom. The van der Waals surface area contributed by atoms with Gasteiger partial charge in [-0.1, -0.05) is 0 Å². The number of carbonyl (C=O) groups excluding carboxylic acids is 2. The van der Waals surface area contributed by atoms with Gasteiger partial charge in [0, 0.05) is 24.1 Å². The molecule has 1 aromatic heterocycles. The molecule has 0 atom stereocenters. The van der Waals surface area contributed by atoms with Crippen LogP contribution in [0.4, 0.5) is 19.6 Å². The first-order valence-corrected chi connectivity index (χ1v) is 6.28. The van der Waals surface area contributed by atoms with Gasteiger partial charge in [0.1, 0.15) is 5.69 Å². The molecule has 2 aromatic rings. The molecule has 5 nitrogen and oxygen atoms in total. The molecule has 0 bridgehead atoms. The van der Waals surface area contributed by atoms with Crippen LogP contribution in [-0.2, 0) is 0 Å². The van der Waals surface area contributed by atoms with Crippen molar-refractivity contribution in [2.24, 2.45) is 0 Å². The summed E-state index contributed by atoms with van der Waals surface area (Å²) in [6, 6.07) is 1.44. The van der Waals surface area contributed by atoms with E-state index in [2.05, 4.69) is 10.3 Å². The van der Waals surface area contributed by atoms with Gasteiger partial charge in [0.25, 0.3) is 5.91 Å².